The van der Waals surface area contributed by atoms with Crippen LogP contribution in [0.25, 0.3) is 211 Å². The van der Waals surface area contributed by atoms with Crippen molar-refractivity contribution in [1.29, 1.82) is 0 Å². The summed E-state index contributed by atoms with van der Waals surface area (Å²) in [5.74, 6) is 3.85. The van der Waals surface area contributed by atoms with Gasteiger partial charge in [-0.3, -0.25) is 0 Å². The molecule has 0 aliphatic heterocycles. The fourth-order valence-electron chi connectivity index (χ4n) is 16.4. The van der Waals surface area contributed by atoms with Gasteiger partial charge < -0.3 is 9.13 Å². The number of fused-ring (bicyclic) bond motifs is 12. The predicted molar refractivity (Wildman–Crippen MR) is 473 cm³/mol. The Bertz CT molecular complexity index is 7330. The molecule has 8 heteroatoms. The quantitative estimate of drug-likeness (QED) is 0.121. The molecule has 4 aromatic heterocycles. The van der Waals surface area contributed by atoms with Gasteiger partial charge in [0.15, 0.2) is 34.9 Å². The van der Waals surface area contributed by atoms with E-state index in [9.17, 15) is 0 Å². The lowest BCUT2D eigenvalue weighted by Crippen LogP contribution is -2.01. The van der Waals surface area contributed by atoms with Crippen LogP contribution in [0, 0.1) is 0 Å². The first-order valence-corrected chi connectivity index (χ1v) is 38.5. The van der Waals surface area contributed by atoms with Crippen LogP contribution in [0.3, 0.4) is 0 Å². The molecule has 0 N–H and O–H groups in total. The van der Waals surface area contributed by atoms with Gasteiger partial charge in [0.05, 0.1) is 22.1 Å². The largest absolute Gasteiger partial charge is 0.309 e. The van der Waals surface area contributed by atoms with Gasteiger partial charge in [-0.25, -0.2) is 29.9 Å². The Hall–Kier alpha value is -15.4. The molecule has 4 heterocycles. The highest BCUT2D eigenvalue weighted by Crippen LogP contribution is 2.43. The Morgan fingerprint density at radius 1 is 0.140 bits per heavy atom. The van der Waals surface area contributed by atoms with Crippen LogP contribution in [0.1, 0.15) is 0 Å². The van der Waals surface area contributed by atoms with E-state index in [4.69, 9.17) is 29.9 Å². The Morgan fingerprint density at radius 3 is 0.816 bits per heavy atom. The van der Waals surface area contributed by atoms with Crippen molar-refractivity contribution in [1.82, 2.24) is 39.0 Å². The lowest BCUT2D eigenvalue weighted by molar-refractivity contribution is 1.07. The minimum absolute atomic E-state index is 0.631. The monoisotopic (exact) mass is 1450 g/mol. The fourth-order valence-corrected chi connectivity index (χ4v) is 16.4. The van der Waals surface area contributed by atoms with E-state index in [0.717, 1.165) is 66.8 Å². The first-order chi connectivity index (χ1) is 56.5. The third kappa shape index (κ3) is 12.4. The van der Waals surface area contributed by atoms with E-state index in [1.54, 1.807) is 0 Å². The van der Waals surface area contributed by atoms with E-state index >= 15 is 0 Å². The lowest BCUT2D eigenvalue weighted by atomic mass is 9.95. The molecule has 22 aromatic rings. The summed E-state index contributed by atoms with van der Waals surface area (Å²) in [4.78, 5) is 29.9. The number of nitrogens with zero attached hydrogens (tertiary/aromatic N) is 8. The van der Waals surface area contributed by atoms with Crippen LogP contribution < -0.4 is 0 Å². The minimum atomic E-state index is 0.631. The molecule has 0 saturated carbocycles. The summed E-state index contributed by atoms with van der Waals surface area (Å²) in [5, 5.41) is 14.7. The highest BCUT2D eigenvalue weighted by Gasteiger charge is 2.22. The SMILES string of the molecule is c1ccc(-c2ccc3ccc(-c4ccc5c(ccc6c5c5ccccc5n6-c5cccc(-c6nc(-c7ccccc7)nc(-c7ccccc7)n6)c5)c4)cc3c2)cc1.c1ccc(-c2ccc3ccc(-c4ccc5ccc6c(c5c4)c4ccccc4n6-c4cccc(-c5nc(-c6ccccc6)nc(-c6ccccc6)n5)c4)cc3c2)cc1. The first kappa shape index (κ1) is 66.8. The third-order valence-corrected chi connectivity index (χ3v) is 22.0. The molecule has 0 bridgehead atoms. The van der Waals surface area contributed by atoms with Crippen LogP contribution in [0.5, 0.6) is 0 Å². The number of benzene rings is 18. The molecule has 0 atom stereocenters. The topological polar surface area (TPSA) is 87.2 Å². The molecule has 0 unspecified atom stereocenters. The van der Waals surface area contributed by atoms with Crippen LogP contribution in [-0.4, -0.2) is 39.0 Å². The van der Waals surface area contributed by atoms with Crippen LogP contribution in [0.2, 0.25) is 0 Å². The van der Waals surface area contributed by atoms with Crippen LogP contribution in [0.4, 0.5) is 0 Å². The van der Waals surface area contributed by atoms with Crippen molar-refractivity contribution in [2.24, 2.45) is 0 Å². The molecule has 0 fully saturated rings. The van der Waals surface area contributed by atoms with Gasteiger partial charge in [-0.2, -0.15) is 0 Å². The normalized spacial score (nSPS) is 11.5. The first-order valence-electron chi connectivity index (χ1n) is 38.5. The second-order valence-electron chi connectivity index (χ2n) is 29.0. The van der Waals surface area contributed by atoms with Gasteiger partial charge in [0.25, 0.3) is 0 Å². The molecule has 532 valence electrons. The number of hydrogen-bond acceptors (Lipinski definition) is 6. The van der Waals surface area contributed by atoms with Crippen LogP contribution >= 0.6 is 0 Å². The molecule has 0 aliphatic carbocycles. The van der Waals surface area contributed by atoms with E-state index in [1.165, 1.54) is 109 Å². The molecule has 0 saturated heterocycles. The fraction of sp³-hybridized carbons (Fsp3) is 0. The van der Waals surface area contributed by atoms with Crippen molar-refractivity contribution in [2.75, 3.05) is 0 Å². The number of para-hydroxylation sites is 2. The van der Waals surface area contributed by atoms with Gasteiger partial charge in [-0.15, -0.1) is 0 Å². The average molecular weight is 1450 g/mol. The standard InChI is InChI=1S/2C53H34N4/c1-4-13-35(14-5-1)40-26-23-36-24-27-41(32-44(36)31-40)42-28-25-37-29-30-49-50(47(37)34-42)46-21-10-11-22-48(46)57(49)45-20-12-19-43(33-45)53-55-51(38-15-6-2-7-16-38)54-52(56-53)39-17-8-3-9-18-39;1-4-13-35(14-5-1)39-25-23-36-24-26-40(33-44(36)32-39)41-27-29-46-42(31-41)28-30-49-50(46)47-21-10-11-22-48(47)57(49)45-20-12-19-43(34-45)53-55-51(37-15-6-2-7-16-37)54-52(56-53)38-17-8-3-9-18-38/h2*1-34H. The molecule has 0 radical (unpaired) electrons. The molecular weight excluding hydrogens is 1390 g/mol. The van der Waals surface area contributed by atoms with Crippen molar-refractivity contribution >= 4 is 86.7 Å². The summed E-state index contributed by atoms with van der Waals surface area (Å²) in [6.07, 6.45) is 0. The lowest BCUT2D eigenvalue weighted by Gasteiger charge is -2.12. The van der Waals surface area contributed by atoms with Crippen molar-refractivity contribution < 1.29 is 0 Å². The maximum Gasteiger partial charge on any atom is 0.164 e. The van der Waals surface area contributed by atoms with Gasteiger partial charge >= 0.3 is 0 Å². The highest BCUT2D eigenvalue weighted by atomic mass is 15.1. The highest BCUT2D eigenvalue weighted by molar-refractivity contribution is 6.23. The summed E-state index contributed by atoms with van der Waals surface area (Å²) in [6, 6.07) is 146. The molecule has 8 nitrogen and oxygen atoms in total. The maximum absolute atomic E-state index is 5.03. The maximum atomic E-state index is 5.03. The molecule has 114 heavy (non-hydrogen) atoms. The van der Waals surface area contributed by atoms with E-state index < -0.39 is 0 Å². The molecule has 22 rings (SSSR count). The predicted octanol–water partition coefficient (Wildman–Crippen LogP) is 27.2. The smallest absolute Gasteiger partial charge is 0.164 e. The zero-order chi connectivity index (χ0) is 75.4. The van der Waals surface area contributed by atoms with Gasteiger partial charge in [0, 0.05) is 66.3 Å². The molecule has 0 aliphatic rings. The Kier molecular flexibility index (Phi) is 16.7. The van der Waals surface area contributed by atoms with Gasteiger partial charge in [-0.05, 0) is 173 Å². The third-order valence-electron chi connectivity index (χ3n) is 22.0. The Morgan fingerprint density at radius 2 is 0.421 bits per heavy atom. The molecule has 18 aromatic carbocycles. The van der Waals surface area contributed by atoms with E-state index in [1.807, 2.05) is 121 Å². The summed E-state index contributed by atoms with van der Waals surface area (Å²) in [6.45, 7) is 0. The zero-order valence-corrected chi connectivity index (χ0v) is 61.8. The average Bonchev–Trinajstić information content (AvgIpc) is 1.57. The molecule has 0 amide bonds. The Balaban J connectivity index is 0.000000143. The van der Waals surface area contributed by atoms with Gasteiger partial charge in [0.1, 0.15) is 0 Å². The molecular formula is C106H68N8. The minimum Gasteiger partial charge on any atom is -0.309 e. The second kappa shape index (κ2) is 28.6. The zero-order valence-electron chi connectivity index (χ0n) is 61.8. The summed E-state index contributed by atoms with van der Waals surface area (Å²) < 4.78 is 4.74. The van der Waals surface area contributed by atoms with Crippen molar-refractivity contribution in [3.05, 3.63) is 413 Å². The van der Waals surface area contributed by atoms with Crippen LogP contribution in [0.15, 0.2) is 413 Å². The van der Waals surface area contributed by atoms with E-state index in [-0.39, 0.29) is 0 Å². The van der Waals surface area contributed by atoms with Gasteiger partial charge in [0.2, 0.25) is 0 Å². The van der Waals surface area contributed by atoms with E-state index in [0.29, 0.717) is 34.9 Å². The van der Waals surface area contributed by atoms with Crippen molar-refractivity contribution in [2.45, 2.75) is 0 Å². The van der Waals surface area contributed by atoms with Crippen molar-refractivity contribution in [3.8, 4) is 124 Å². The second-order valence-corrected chi connectivity index (χ2v) is 29.0. The number of rotatable bonds is 12. The van der Waals surface area contributed by atoms with Crippen molar-refractivity contribution in [3.63, 3.8) is 0 Å². The summed E-state index contributed by atoms with van der Waals surface area (Å²) in [5.41, 5.74) is 22.0. The van der Waals surface area contributed by atoms with Gasteiger partial charge in [-0.1, -0.05) is 328 Å². The van der Waals surface area contributed by atoms with Crippen LogP contribution in [-0.2, 0) is 0 Å². The Labute approximate surface area is 658 Å². The molecule has 0 spiro atoms. The number of hydrogen-bond donors (Lipinski definition) is 0. The summed E-state index contributed by atoms with van der Waals surface area (Å²) >= 11 is 0. The summed E-state index contributed by atoms with van der Waals surface area (Å²) in [7, 11) is 0. The number of aromatic nitrogens is 8. The van der Waals surface area contributed by atoms with E-state index in [2.05, 4.69) is 300 Å².